The smallest absolute Gasteiger partial charge is 0.261 e. The second-order valence-corrected chi connectivity index (χ2v) is 7.78. The first kappa shape index (κ1) is 20.8. The molecule has 1 aromatic carbocycles. The van der Waals surface area contributed by atoms with Crippen LogP contribution in [0.25, 0.3) is 0 Å². The highest BCUT2D eigenvalue weighted by Gasteiger charge is 2.34. The molecule has 3 heterocycles. The van der Waals surface area contributed by atoms with Crippen LogP contribution in [0.4, 0.5) is 0 Å². The molecular formula is C22H29N3O5. The van der Waals surface area contributed by atoms with Gasteiger partial charge in [0.2, 0.25) is 5.89 Å². The van der Waals surface area contributed by atoms with Crippen LogP contribution in [0.1, 0.15) is 43.4 Å². The summed E-state index contributed by atoms with van der Waals surface area (Å²) in [5.41, 5.74) is 0. The second kappa shape index (κ2) is 10.5. The molecule has 4 rings (SSSR count). The predicted molar refractivity (Wildman–Crippen MR) is 108 cm³/mol. The van der Waals surface area contributed by atoms with Crippen molar-refractivity contribution in [2.45, 2.75) is 38.1 Å². The fourth-order valence-corrected chi connectivity index (χ4v) is 3.90. The zero-order valence-electron chi connectivity index (χ0n) is 17.2. The Bertz CT molecular complexity index is 791. The molecule has 1 atom stereocenters. The van der Waals surface area contributed by atoms with Gasteiger partial charge < -0.3 is 23.6 Å². The molecule has 0 radical (unpaired) electrons. The van der Waals surface area contributed by atoms with Gasteiger partial charge >= 0.3 is 0 Å². The SMILES string of the molecule is O=C(COc1ccccc1)N1CCCC1c1nc(CCOCC2CCOCC2)no1. The van der Waals surface area contributed by atoms with Crippen molar-refractivity contribution < 1.29 is 23.5 Å². The lowest BCUT2D eigenvalue weighted by Crippen LogP contribution is -2.34. The molecule has 2 fully saturated rings. The number of likely N-dealkylation sites (tertiary alicyclic amines) is 1. The lowest BCUT2D eigenvalue weighted by molar-refractivity contribution is -0.134. The van der Waals surface area contributed by atoms with Crippen molar-refractivity contribution in [1.82, 2.24) is 15.0 Å². The normalized spacial score (nSPS) is 19.9. The van der Waals surface area contributed by atoms with Gasteiger partial charge in [-0.15, -0.1) is 0 Å². The number of hydrogen-bond donors (Lipinski definition) is 0. The highest BCUT2D eigenvalue weighted by atomic mass is 16.5. The third-order valence-electron chi connectivity index (χ3n) is 5.61. The fourth-order valence-electron chi connectivity index (χ4n) is 3.90. The van der Waals surface area contributed by atoms with E-state index in [0.29, 0.717) is 43.0 Å². The van der Waals surface area contributed by atoms with Gasteiger partial charge in [0.05, 0.1) is 6.61 Å². The van der Waals surface area contributed by atoms with E-state index in [0.717, 1.165) is 45.5 Å². The van der Waals surface area contributed by atoms with E-state index in [1.54, 1.807) is 4.90 Å². The fraction of sp³-hybridized carbons (Fsp3) is 0.591. The number of para-hydroxylation sites is 1. The van der Waals surface area contributed by atoms with E-state index in [4.69, 9.17) is 18.7 Å². The molecule has 2 aliphatic rings. The summed E-state index contributed by atoms with van der Waals surface area (Å²) in [6.07, 6.45) is 4.45. The standard InChI is InChI=1S/C22H29N3O5/c26-21(16-29-18-5-2-1-3-6-18)25-11-4-7-19(25)22-23-20(24-30-22)10-14-28-15-17-8-12-27-13-9-17/h1-3,5-6,17,19H,4,7-16H2. The Balaban J connectivity index is 1.23. The van der Waals surface area contributed by atoms with E-state index < -0.39 is 0 Å². The van der Waals surface area contributed by atoms with Gasteiger partial charge in [-0.05, 0) is 43.7 Å². The van der Waals surface area contributed by atoms with Gasteiger partial charge in [0.15, 0.2) is 12.4 Å². The van der Waals surface area contributed by atoms with Crippen LogP contribution in [0.2, 0.25) is 0 Å². The van der Waals surface area contributed by atoms with Gasteiger partial charge in [-0.2, -0.15) is 4.98 Å². The summed E-state index contributed by atoms with van der Waals surface area (Å²) in [6.45, 7) is 3.65. The van der Waals surface area contributed by atoms with Crippen LogP contribution >= 0.6 is 0 Å². The molecule has 1 amide bonds. The highest BCUT2D eigenvalue weighted by Crippen LogP contribution is 2.31. The van der Waals surface area contributed by atoms with Crippen LogP contribution < -0.4 is 4.74 Å². The molecule has 0 spiro atoms. The maximum atomic E-state index is 12.7. The summed E-state index contributed by atoms with van der Waals surface area (Å²) in [5, 5.41) is 4.08. The summed E-state index contributed by atoms with van der Waals surface area (Å²) < 4.78 is 22.2. The molecule has 162 valence electrons. The van der Waals surface area contributed by atoms with Crippen molar-refractivity contribution in [3.63, 3.8) is 0 Å². The molecule has 1 aromatic heterocycles. The number of hydrogen-bond acceptors (Lipinski definition) is 7. The van der Waals surface area contributed by atoms with E-state index in [1.807, 2.05) is 30.3 Å². The van der Waals surface area contributed by atoms with Crippen molar-refractivity contribution in [2.75, 3.05) is 39.6 Å². The van der Waals surface area contributed by atoms with Gasteiger partial charge in [0.1, 0.15) is 11.8 Å². The molecule has 2 aliphatic heterocycles. The van der Waals surface area contributed by atoms with E-state index in [2.05, 4.69) is 10.1 Å². The molecular weight excluding hydrogens is 386 g/mol. The minimum atomic E-state index is -0.179. The van der Waals surface area contributed by atoms with Gasteiger partial charge in [0, 0.05) is 32.8 Å². The number of amides is 1. The topological polar surface area (TPSA) is 86.9 Å². The lowest BCUT2D eigenvalue weighted by Gasteiger charge is -2.22. The Hall–Kier alpha value is -2.45. The van der Waals surface area contributed by atoms with Crippen LogP contribution in [0.5, 0.6) is 5.75 Å². The summed E-state index contributed by atoms with van der Waals surface area (Å²) in [4.78, 5) is 18.9. The number of ether oxygens (including phenoxy) is 3. The minimum absolute atomic E-state index is 0.00154. The van der Waals surface area contributed by atoms with Crippen molar-refractivity contribution in [2.24, 2.45) is 5.92 Å². The molecule has 30 heavy (non-hydrogen) atoms. The Morgan fingerprint density at radius 3 is 2.83 bits per heavy atom. The van der Waals surface area contributed by atoms with Gasteiger partial charge in [0.25, 0.3) is 5.91 Å². The Kier molecular flexibility index (Phi) is 7.31. The van der Waals surface area contributed by atoms with Crippen molar-refractivity contribution in [1.29, 1.82) is 0 Å². The van der Waals surface area contributed by atoms with Crippen LogP contribution in [0, 0.1) is 5.92 Å². The predicted octanol–water partition coefficient (Wildman–Crippen LogP) is 2.80. The third-order valence-corrected chi connectivity index (χ3v) is 5.61. The summed E-state index contributed by atoms with van der Waals surface area (Å²) in [5.74, 6) is 2.32. The van der Waals surface area contributed by atoms with Gasteiger partial charge in [-0.25, -0.2) is 0 Å². The molecule has 1 unspecified atom stereocenters. The largest absolute Gasteiger partial charge is 0.484 e. The van der Waals surface area contributed by atoms with Crippen molar-refractivity contribution in [3.8, 4) is 5.75 Å². The average Bonchev–Trinajstić information content (AvgIpc) is 3.46. The lowest BCUT2D eigenvalue weighted by atomic mass is 10.0. The van der Waals surface area contributed by atoms with E-state index >= 15 is 0 Å². The Labute approximate surface area is 176 Å². The monoisotopic (exact) mass is 415 g/mol. The van der Waals surface area contributed by atoms with Crippen LogP contribution in [0.3, 0.4) is 0 Å². The molecule has 8 nitrogen and oxygen atoms in total. The highest BCUT2D eigenvalue weighted by molar-refractivity contribution is 5.78. The van der Waals surface area contributed by atoms with Crippen LogP contribution in [0.15, 0.2) is 34.9 Å². The molecule has 0 bridgehead atoms. The molecule has 0 saturated carbocycles. The van der Waals surface area contributed by atoms with E-state index in [1.165, 1.54) is 0 Å². The molecule has 2 saturated heterocycles. The molecule has 2 aromatic rings. The number of aromatic nitrogens is 2. The van der Waals surface area contributed by atoms with E-state index in [9.17, 15) is 4.79 Å². The first-order chi connectivity index (χ1) is 14.8. The van der Waals surface area contributed by atoms with Crippen LogP contribution in [-0.2, 0) is 20.7 Å². The molecule has 0 aliphatic carbocycles. The van der Waals surface area contributed by atoms with E-state index in [-0.39, 0.29) is 18.6 Å². The number of carbonyl (C=O) groups excluding carboxylic acids is 1. The molecule has 8 heteroatoms. The zero-order valence-corrected chi connectivity index (χ0v) is 17.2. The number of rotatable bonds is 9. The Morgan fingerprint density at radius 2 is 2.00 bits per heavy atom. The molecule has 0 N–H and O–H groups in total. The first-order valence-corrected chi connectivity index (χ1v) is 10.7. The second-order valence-electron chi connectivity index (χ2n) is 7.78. The minimum Gasteiger partial charge on any atom is -0.484 e. The Morgan fingerprint density at radius 1 is 1.17 bits per heavy atom. The average molecular weight is 415 g/mol. The van der Waals surface area contributed by atoms with Gasteiger partial charge in [-0.1, -0.05) is 23.4 Å². The maximum Gasteiger partial charge on any atom is 0.261 e. The maximum absolute atomic E-state index is 12.7. The van der Waals surface area contributed by atoms with Crippen molar-refractivity contribution >= 4 is 5.91 Å². The summed E-state index contributed by atoms with van der Waals surface area (Å²) >= 11 is 0. The summed E-state index contributed by atoms with van der Waals surface area (Å²) in [7, 11) is 0. The quantitative estimate of drug-likeness (QED) is 0.582. The van der Waals surface area contributed by atoms with Gasteiger partial charge in [-0.3, -0.25) is 4.79 Å². The van der Waals surface area contributed by atoms with Crippen molar-refractivity contribution in [3.05, 3.63) is 42.0 Å². The van der Waals surface area contributed by atoms with Crippen LogP contribution in [-0.4, -0.2) is 60.5 Å². The summed E-state index contributed by atoms with van der Waals surface area (Å²) in [6, 6.07) is 9.17. The number of benzene rings is 1. The zero-order chi connectivity index (χ0) is 20.6. The number of carbonyl (C=O) groups is 1. The first-order valence-electron chi connectivity index (χ1n) is 10.7. The number of nitrogens with zero attached hydrogens (tertiary/aromatic N) is 3. The third kappa shape index (κ3) is 5.58.